The van der Waals surface area contributed by atoms with Crippen molar-refractivity contribution in [3.05, 3.63) is 0 Å². The first-order chi connectivity index (χ1) is 20.1. The van der Waals surface area contributed by atoms with Crippen LogP contribution in [0.25, 0.3) is 0 Å². The molecule has 0 rings (SSSR count). The molecule has 0 radical (unpaired) electrons. The number of hydrogen-bond donors (Lipinski definition) is 3. The van der Waals surface area contributed by atoms with E-state index in [0.29, 0.717) is 0 Å². The summed E-state index contributed by atoms with van der Waals surface area (Å²) in [5.41, 5.74) is 4.47. The number of Topliss-reactive ketones (excluding diaryl/α,β-unsaturated/α-hetero) is 2. The van der Waals surface area contributed by atoms with Crippen molar-refractivity contribution < 1.29 is 38.3 Å². The molecule has 3 atom stereocenters. The van der Waals surface area contributed by atoms with Gasteiger partial charge in [-0.15, -0.1) is 0 Å². The van der Waals surface area contributed by atoms with E-state index in [-0.39, 0.29) is 60.5 Å². The van der Waals surface area contributed by atoms with E-state index in [1.807, 2.05) is 69.2 Å². The van der Waals surface area contributed by atoms with Crippen LogP contribution in [-0.2, 0) is 28.7 Å². The lowest BCUT2D eigenvalue weighted by atomic mass is 9.93. The van der Waals surface area contributed by atoms with Crippen molar-refractivity contribution >= 4 is 29.7 Å². The van der Waals surface area contributed by atoms with Gasteiger partial charge in [0.05, 0.1) is 19.2 Å². The van der Waals surface area contributed by atoms with Gasteiger partial charge in [0.1, 0.15) is 17.2 Å². The van der Waals surface area contributed by atoms with Crippen molar-refractivity contribution in [3.63, 3.8) is 0 Å². The quantitative estimate of drug-likeness (QED) is 0.220. The Bertz CT molecular complexity index is 919. The molecule has 0 saturated heterocycles. The number of carbonyl (C=O) groups is 5. The average Bonchev–Trinajstić information content (AvgIpc) is 2.86. The second-order valence-corrected chi connectivity index (χ2v) is 14.6. The summed E-state index contributed by atoms with van der Waals surface area (Å²) in [5.74, 6) is 0.0869. The van der Waals surface area contributed by atoms with Gasteiger partial charge in [0.25, 0.3) is 5.91 Å². The van der Waals surface area contributed by atoms with E-state index in [9.17, 15) is 24.0 Å². The van der Waals surface area contributed by atoms with Gasteiger partial charge in [0, 0.05) is 18.9 Å². The van der Waals surface area contributed by atoms with Gasteiger partial charge in [0.2, 0.25) is 0 Å². The van der Waals surface area contributed by atoms with Gasteiger partial charge in [-0.1, -0.05) is 76.7 Å². The van der Waals surface area contributed by atoms with Crippen LogP contribution in [0.3, 0.4) is 0 Å². The van der Waals surface area contributed by atoms with E-state index in [2.05, 4.69) is 10.6 Å². The van der Waals surface area contributed by atoms with E-state index < -0.39 is 35.5 Å². The van der Waals surface area contributed by atoms with Crippen LogP contribution >= 0.6 is 0 Å². The number of likely N-dealkylation sites (N-methyl/N-ethyl adjacent to an activating group) is 1. The molecule has 3 amide bonds. The third-order valence-corrected chi connectivity index (χ3v) is 6.02. The van der Waals surface area contributed by atoms with Gasteiger partial charge in [-0.2, -0.15) is 0 Å². The number of nitrogens with zero attached hydrogens (tertiary/aromatic N) is 1. The van der Waals surface area contributed by atoms with Gasteiger partial charge in [0.15, 0.2) is 11.6 Å². The number of hydroxylamine groups is 2. The zero-order chi connectivity index (χ0) is 36.6. The highest BCUT2D eigenvalue weighted by Crippen LogP contribution is 2.13. The SMILES string of the molecule is C.CC(C)C(=O)C(N)C(C)C.CC(C)C(=O)C(NC(=O)OC(C)(C)C)C(C)C.CON(C)C(=O)C(NC(=O)OC(C)(C)C)C(C)C. The lowest BCUT2D eigenvalue weighted by Crippen LogP contribution is -2.51. The van der Waals surface area contributed by atoms with E-state index in [4.69, 9.17) is 20.0 Å². The summed E-state index contributed by atoms with van der Waals surface area (Å²) in [4.78, 5) is 63.1. The minimum Gasteiger partial charge on any atom is -0.444 e. The molecule has 0 fully saturated rings. The minimum atomic E-state index is -0.676. The Balaban J connectivity index is -0.000000296. The van der Waals surface area contributed by atoms with Gasteiger partial charge in [-0.05, 0) is 59.3 Å². The maximum absolute atomic E-state index is 11.9. The molecule has 0 bridgehead atoms. The second-order valence-electron chi connectivity index (χ2n) is 14.6. The fraction of sp³-hybridized carbons (Fsp3) is 0.853. The average molecular weight is 663 g/mol. The first kappa shape index (κ1) is 50.1. The molecule has 3 unspecified atom stereocenters. The number of nitrogens with two attached hydrogens (primary N) is 1. The molecule has 0 saturated carbocycles. The van der Waals surface area contributed by atoms with Crippen molar-refractivity contribution in [3.8, 4) is 0 Å². The molecular formula is C34H70N4O8. The Labute approximate surface area is 280 Å². The molecule has 0 heterocycles. The predicted octanol–water partition coefficient (Wildman–Crippen LogP) is 6.15. The van der Waals surface area contributed by atoms with Gasteiger partial charge >= 0.3 is 12.2 Å². The number of amides is 3. The molecule has 46 heavy (non-hydrogen) atoms. The van der Waals surface area contributed by atoms with Crippen molar-refractivity contribution in [2.75, 3.05) is 14.2 Å². The lowest BCUT2D eigenvalue weighted by molar-refractivity contribution is -0.172. The highest BCUT2D eigenvalue weighted by Gasteiger charge is 2.30. The van der Waals surface area contributed by atoms with Crippen LogP contribution in [0.1, 0.15) is 118 Å². The van der Waals surface area contributed by atoms with Crippen LogP contribution < -0.4 is 16.4 Å². The smallest absolute Gasteiger partial charge is 0.408 e. The number of rotatable bonds is 11. The Kier molecular flexibility index (Phi) is 24.8. The predicted molar refractivity (Wildman–Crippen MR) is 185 cm³/mol. The number of nitrogens with one attached hydrogen (secondary N) is 2. The molecule has 274 valence electrons. The first-order valence-electron chi connectivity index (χ1n) is 15.7. The Morgan fingerprint density at radius 2 is 0.935 bits per heavy atom. The highest BCUT2D eigenvalue weighted by atomic mass is 16.7. The zero-order valence-electron chi connectivity index (χ0n) is 31.4. The molecule has 4 N–H and O–H groups in total. The van der Waals surface area contributed by atoms with Crippen LogP contribution in [0.5, 0.6) is 0 Å². The minimum absolute atomic E-state index is 0. The van der Waals surface area contributed by atoms with Crippen molar-refractivity contribution in [2.24, 2.45) is 35.3 Å². The largest absolute Gasteiger partial charge is 0.444 e. The normalized spacial score (nSPS) is 13.3. The molecule has 0 aromatic rings. The van der Waals surface area contributed by atoms with E-state index >= 15 is 0 Å². The van der Waals surface area contributed by atoms with E-state index in [0.717, 1.165) is 5.06 Å². The standard InChI is InChI=1S/C13H25NO3.C12H24N2O4.C8H17NO.CH4/c1-8(2)10(11(15)9(3)4)14-12(16)17-13(5,6)7;1-8(2)9(10(15)14(6)17-7)13-11(16)18-12(3,4)5;1-5(2)7(9)8(10)6(3)4;/h8-10H,1-7H3,(H,14,16);8-9H,1-7H3,(H,13,16);5-7H,9H2,1-4H3;1H4. The summed E-state index contributed by atoms with van der Waals surface area (Å²) in [7, 11) is 2.89. The Hall–Kier alpha value is -2.73. The summed E-state index contributed by atoms with van der Waals surface area (Å²) in [6.45, 7) is 29.5. The number of carbonyl (C=O) groups excluding carboxylic acids is 5. The molecule has 12 heteroatoms. The van der Waals surface area contributed by atoms with E-state index in [1.54, 1.807) is 41.5 Å². The van der Waals surface area contributed by atoms with Gasteiger partial charge in [-0.3, -0.25) is 19.2 Å². The third kappa shape index (κ3) is 23.6. The van der Waals surface area contributed by atoms with Crippen LogP contribution in [0.15, 0.2) is 0 Å². The first-order valence-corrected chi connectivity index (χ1v) is 15.7. The Morgan fingerprint density at radius 1 is 0.609 bits per heavy atom. The van der Waals surface area contributed by atoms with Crippen LogP contribution in [0, 0.1) is 29.6 Å². The topological polar surface area (TPSA) is 166 Å². The highest BCUT2D eigenvalue weighted by molar-refractivity contribution is 5.89. The lowest BCUT2D eigenvalue weighted by Gasteiger charge is -2.27. The van der Waals surface area contributed by atoms with E-state index in [1.165, 1.54) is 14.2 Å². The van der Waals surface area contributed by atoms with Gasteiger partial charge in [-0.25, -0.2) is 14.7 Å². The van der Waals surface area contributed by atoms with Gasteiger partial charge < -0.3 is 25.8 Å². The number of ketones is 2. The van der Waals surface area contributed by atoms with Crippen LogP contribution in [0.4, 0.5) is 9.59 Å². The summed E-state index contributed by atoms with van der Waals surface area (Å²) in [6.07, 6.45) is -1.15. The molecular weight excluding hydrogens is 592 g/mol. The fourth-order valence-corrected chi connectivity index (χ4v) is 3.31. The molecule has 0 aliphatic rings. The molecule has 0 aliphatic carbocycles. The maximum atomic E-state index is 11.9. The molecule has 12 nitrogen and oxygen atoms in total. The number of alkyl carbamates (subject to hydrolysis) is 2. The third-order valence-electron chi connectivity index (χ3n) is 6.02. The van der Waals surface area contributed by atoms with Crippen LogP contribution in [0.2, 0.25) is 0 Å². The van der Waals surface area contributed by atoms with Crippen LogP contribution in [-0.4, -0.2) is 78.2 Å². The van der Waals surface area contributed by atoms with Crippen molar-refractivity contribution in [1.82, 2.24) is 15.7 Å². The molecule has 0 aromatic heterocycles. The monoisotopic (exact) mass is 663 g/mol. The number of ether oxygens (including phenoxy) is 2. The maximum Gasteiger partial charge on any atom is 0.408 e. The van der Waals surface area contributed by atoms with Crippen molar-refractivity contribution in [2.45, 2.75) is 148 Å². The fourth-order valence-electron chi connectivity index (χ4n) is 3.31. The molecule has 0 aliphatic heterocycles. The number of hydrogen-bond acceptors (Lipinski definition) is 9. The Morgan fingerprint density at radius 3 is 1.15 bits per heavy atom. The summed E-state index contributed by atoms with van der Waals surface area (Å²) in [6, 6.07) is -1.44. The molecule has 0 aromatic carbocycles. The molecule has 0 spiro atoms. The van der Waals surface area contributed by atoms with Crippen molar-refractivity contribution in [1.29, 1.82) is 0 Å². The zero-order valence-corrected chi connectivity index (χ0v) is 31.4. The summed E-state index contributed by atoms with van der Waals surface area (Å²) < 4.78 is 10.3. The summed E-state index contributed by atoms with van der Waals surface area (Å²) in [5, 5.41) is 6.28. The second kappa shape index (κ2) is 22.7. The summed E-state index contributed by atoms with van der Waals surface area (Å²) >= 11 is 0.